The molecule has 7 rings (SSSR count). The fraction of sp³-hybridized carbons (Fsp3) is 0. The summed E-state index contributed by atoms with van der Waals surface area (Å²) in [6, 6.07) is 38.2. The number of pyridine rings is 1. The Bertz CT molecular complexity index is 2100. The van der Waals surface area contributed by atoms with Gasteiger partial charge in [0.05, 0.1) is 46.2 Å². The molecule has 0 aliphatic carbocycles. The molecule has 5 aromatic carbocycles. The van der Waals surface area contributed by atoms with E-state index in [-0.39, 0.29) is 0 Å². The van der Waals surface area contributed by atoms with Crippen LogP contribution in [0.2, 0.25) is 0 Å². The van der Waals surface area contributed by atoms with Crippen molar-refractivity contribution in [3.8, 4) is 45.6 Å². The molecule has 2 heterocycles. The lowest BCUT2D eigenvalue weighted by Gasteiger charge is -2.13. The summed E-state index contributed by atoms with van der Waals surface area (Å²) < 4.78 is 9.48. The summed E-state index contributed by atoms with van der Waals surface area (Å²) in [5.74, 6) is 0. The minimum atomic E-state index is 0.464. The molecule has 0 saturated carbocycles. The van der Waals surface area contributed by atoms with E-state index in [1.54, 1.807) is 18.2 Å². The smallest absolute Gasteiger partial charge is 0.114 e. The van der Waals surface area contributed by atoms with Gasteiger partial charge in [-0.15, -0.1) is 0 Å². The molecule has 2 aromatic heterocycles. The minimum absolute atomic E-state index is 0.464. The van der Waals surface area contributed by atoms with Crippen molar-refractivity contribution in [2.24, 2.45) is 0 Å². The lowest BCUT2D eigenvalue weighted by atomic mass is 9.93. The van der Waals surface area contributed by atoms with Gasteiger partial charge in [0.25, 0.3) is 0 Å². The summed E-state index contributed by atoms with van der Waals surface area (Å²) in [5, 5.41) is 21.9. The van der Waals surface area contributed by atoms with Crippen molar-refractivity contribution in [3.63, 3.8) is 0 Å². The monoisotopic (exact) mass is 515 g/mol. The number of fused-ring (bicyclic) bond motifs is 5. The first kappa shape index (κ1) is 22.7. The third-order valence-corrected chi connectivity index (χ3v) is 7.50. The zero-order valence-electron chi connectivity index (χ0n) is 20.5. The second-order valence-electron chi connectivity index (χ2n) is 9.25. The Labute approximate surface area is 228 Å². The predicted octanol–water partition coefficient (Wildman–Crippen LogP) is 8.14. The lowest BCUT2D eigenvalue weighted by molar-refractivity contribution is 1.43. The highest BCUT2D eigenvalue weighted by Gasteiger charge is 2.19. The van der Waals surface area contributed by atoms with Crippen molar-refractivity contribution in [3.05, 3.63) is 114 Å². The first-order valence-electron chi connectivity index (χ1n) is 12.3. The van der Waals surface area contributed by atoms with Crippen molar-refractivity contribution in [1.82, 2.24) is 13.7 Å². The van der Waals surface area contributed by atoms with Crippen LogP contribution >= 0.6 is 11.7 Å². The van der Waals surface area contributed by atoms with E-state index >= 15 is 0 Å². The van der Waals surface area contributed by atoms with Crippen LogP contribution in [0.15, 0.2) is 103 Å². The maximum absolute atomic E-state index is 9.38. The topological polar surface area (TPSA) is 86.2 Å². The molecule has 6 heteroatoms. The molecule has 180 valence electrons. The van der Waals surface area contributed by atoms with Gasteiger partial charge in [0.1, 0.15) is 11.0 Å². The van der Waals surface area contributed by atoms with Crippen LogP contribution in [0.4, 0.5) is 0 Å². The van der Waals surface area contributed by atoms with Crippen LogP contribution in [-0.4, -0.2) is 13.7 Å². The lowest BCUT2D eigenvalue weighted by Crippen LogP contribution is -1.92. The molecule has 0 N–H and O–H groups in total. The number of benzene rings is 5. The molecule has 0 saturated heterocycles. The first-order chi connectivity index (χ1) is 19.2. The van der Waals surface area contributed by atoms with Crippen molar-refractivity contribution in [2.45, 2.75) is 0 Å². The maximum Gasteiger partial charge on any atom is 0.114 e. The fourth-order valence-electron chi connectivity index (χ4n) is 5.17. The zero-order chi connectivity index (χ0) is 26.3. The summed E-state index contributed by atoms with van der Waals surface area (Å²) in [4.78, 5) is 5.09. The van der Waals surface area contributed by atoms with E-state index in [0.29, 0.717) is 11.1 Å². The minimum Gasteiger partial charge on any atom is -0.247 e. The largest absolute Gasteiger partial charge is 0.247 e. The van der Waals surface area contributed by atoms with Gasteiger partial charge < -0.3 is 0 Å². The second kappa shape index (κ2) is 9.15. The van der Waals surface area contributed by atoms with E-state index in [1.165, 1.54) is 11.7 Å². The number of hydrogen-bond donors (Lipinski definition) is 0. The second-order valence-corrected chi connectivity index (χ2v) is 9.78. The Kier molecular flexibility index (Phi) is 5.33. The Hall–Kier alpha value is -5.43. The number of nitriles is 2. The number of para-hydroxylation sites is 1. The SMILES string of the molecule is N#Cc1cc(C#N)cc(-c2ccc(-c3cc4c(-c5ccccc5)nc5ccccc5c4c4nsnc34)cc2)c1. The van der Waals surface area contributed by atoms with Crippen molar-refractivity contribution >= 4 is 44.4 Å². The fourth-order valence-corrected chi connectivity index (χ4v) is 5.73. The summed E-state index contributed by atoms with van der Waals surface area (Å²) in [6.45, 7) is 0. The Morgan fingerprint density at radius 2 is 1.23 bits per heavy atom. The molecule has 0 fully saturated rings. The normalized spacial score (nSPS) is 11.0. The highest BCUT2D eigenvalue weighted by atomic mass is 32.1. The van der Waals surface area contributed by atoms with Crippen LogP contribution in [0.3, 0.4) is 0 Å². The molecule has 0 unspecified atom stereocenters. The molecule has 0 radical (unpaired) electrons. The molecule has 0 spiro atoms. The van der Waals surface area contributed by atoms with Crippen LogP contribution in [0.5, 0.6) is 0 Å². The van der Waals surface area contributed by atoms with Gasteiger partial charge in [-0.05, 0) is 47.0 Å². The molecular formula is C33H17N5S. The van der Waals surface area contributed by atoms with Crippen LogP contribution in [-0.2, 0) is 0 Å². The van der Waals surface area contributed by atoms with E-state index in [1.807, 2.05) is 48.5 Å². The Balaban J connectivity index is 1.47. The van der Waals surface area contributed by atoms with Gasteiger partial charge in [0, 0.05) is 27.3 Å². The van der Waals surface area contributed by atoms with Gasteiger partial charge in [-0.2, -0.15) is 19.3 Å². The van der Waals surface area contributed by atoms with Crippen molar-refractivity contribution in [1.29, 1.82) is 10.5 Å². The molecule has 5 nitrogen and oxygen atoms in total. The van der Waals surface area contributed by atoms with E-state index in [9.17, 15) is 10.5 Å². The van der Waals surface area contributed by atoms with E-state index < -0.39 is 0 Å². The van der Waals surface area contributed by atoms with Crippen molar-refractivity contribution in [2.75, 3.05) is 0 Å². The number of aromatic nitrogens is 3. The summed E-state index contributed by atoms with van der Waals surface area (Å²) in [7, 11) is 0. The Morgan fingerprint density at radius 3 is 1.97 bits per heavy atom. The molecule has 7 aromatic rings. The molecule has 39 heavy (non-hydrogen) atoms. The van der Waals surface area contributed by atoms with E-state index in [0.717, 1.165) is 66.2 Å². The van der Waals surface area contributed by atoms with Gasteiger partial charge in [0.2, 0.25) is 0 Å². The zero-order valence-corrected chi connectivity index (χ0v) is 21.3. The highest BCUT2D eigenvalue weighted by molar-refractivity contribution is 7.00. The summed E-state index contributed by atoms with van der Waals surface area (Å²) in [6.07, 6.45) is 0. The van der Waals surface area contributed by atoms with Crippen LogP contribution in [0, 0.1) is 22.7 Å². The van der Waals surface area contributed by atoms with E-state index in [2.05, 4.69) is 48.5 Å². The molecule has 0 bridgehead atoms. The average Bonchev–Trinajstić information content (AvgIpc) is 3.50. The van der Waals surface area contributed by atoms with Crippen molar-refractivity contribution < 1.29 is 0 Å². The highest BCUT2D eigenvalue weighted by Crippen LogP contribution is 2.41. The summed E-state index contributed by atoms with van der Waals surface area (Å²) >= 11 is 1.21. The standard InChI is InChI=1S/C33H17N5S/c34-18-20-14-21(19-35)16-25(15-20)22-10-12-23(13-11-22)27-17-28-30(33-32(27)37-39-38-33)26-8-4-5-9-29(26)36-31(28)24-6-2-1-3-7-24/h1-17H. The summed E-state index contributed by atoms with van der Waals surface area (Å²) in [5.41, 5.74) is 9.28. The van der Waals surface area contributed by atoms with Gasteiger partial charge in [-0.1, -0.05) is 72.8 Å². The third kappa shape index (κ3) is 3.79. The number of nitrogens with zero attached hydrogens (tertiary/aromatic N) is 5. The van der Waals surface area contributed by atoms with Gasteiger partial charge in [-0.3, -0.25) is 0 Å². The van der Waals surface area contributed by atoms with Gasteiger partial charge >= 0.3 is 0 Å². The molecular weight excluding hydrogens is 498 g/mol. The van der Waals surface area contributed by atoms with E-state index in [4.69, 9.17) is 13.7 Å². The maximum atomic E-state index is 9.38. The predicted molar refractivity (Wildman–Crippen MR) is 156 cm³/mol. The number of rotatable bonds is 3. The van der Waals surface area contributed by atoms with Gasteiger partial charge in [-0.25, -0.2) is 4.98 Å². The molecule has 0 aliphatic rings. The first-order valence-corrected chi connectivity index (χ1v) is 13.1. The average molecular weight is 516 g/mol. The molecule has 0 aliphatic heterocycles. The molecule has 0 atom stereocenters. The van der Waals surface area contributed by atoms with Gasteiger partial charge in [0.15, 0.2) is 0 Å². The third-order valence-electron chi connectivity index (χ3n) is 6.97. The Morgan fingerprint density at radius 1 is 0.564 bits per heavy atom. The van der Waals surface area contributed by atoms with Crippen LogP contribution < -0.4 is 0 Å². The van der Waals surface area contributed by atoms with Crippen LogP contribution in [0.1, 0.15) is 11.1 Å². The quantitative estimate of drug-likeness (QED) is 0.222. The number of hydrogen-bond acceptors (Lipinski definition) is 6. The molecule has 0 amide bonds. The van der Waals surface area contributed by atoms with Crippen LogP contribution in [0.25, 0.3) is 66.2 Å².